The maximum atomic E-state index is 4.76. The number of anilines is 1. The summed E-state index contributed by atoms with van der Waals surface area (Å²) in [5, 5.41) is 6.00. The van der Waals surface area contributed by atoms with E-state index in [0.29, 0.717) is 0 Å². The van der Waals surface area contributed by atoms with E-state index in [9.17, 15) is 0 Å². The molecule has 0 fully saturated rings. The molecule has 4 aromatic rings. The largest absolute Gasteiger partial charge is 0.384 e. The quantitative estimate of drug-likeness (QED) is 0.534. The molecule has 0 aliphatic heterocycles. The molecule has 0 radical (unpaired) electrons. The normalized spacial score (nSPS) is 11.0. The number of aromatic nitrogens is 1. The van der Waals surface area contributed by atoms with Crippen molar-refractivity contribution in [2.24, 2.45) is 0 Å². The van der Waals surface area contributed by atoms with Crippen molar-refractivity contribution in [3.8, 4) is 0 Å². The van der Waals surface area contributed by atoms with E-state index in [4.69, 9.17) is 4.98 Å². The van der Waals surface area contributed by atoms with E-state index in [2.05, 4.69) is 72.0 Å². The molecule has 0 bridgehead atoms. The smallest absolute Gasteiger partial charge is 0.0730 e. The number of benzene rings is 3. The predicted molar refractivity (Wildman–Crippen MR) is 97.9 cm³/mol. The Morgan fingerprint density at radius 1 is 0.652 bits per heavy atom. The highest BCUT2D eigenvalue weighted by molar-refractivity contribution is 6.07. The van der Waals surface area contributed by atoms with Crippen LogP contribution in [0.3, 0.4) is 0 Å². The van der Waals surface area contributed by atoms with Crippen molar-refractivity contribution in [1.82, 2.24) is 4.98 Å². The van der Waals surface area contributed by atoms with Crippen LogP contribution in [-0.2, 0) is 6.42 Å². The van der Waals surface area contributed by atoms with Crippen LogP contribution in [0.1, 0.15) is 5.56 Å². The first-order valence-electron chi connectivity index (χ1n) is 7.97. The number of hydrogen-bond donors (Lipinski definition) is 1. The zero-order chi connectivity index (χ0) is 15.5. The van der Waals surface area contributed by atoms with Gasteiger partial charge in [0.25, 0.3) is 0 Å². The third-order valence-electron chi connectivity index (χ3n) is 4.15. The Bertz CT molecular complexity index is 891. The summed E-state index contributed by atoms with van der Waals surface area (Å²) in [7, 11) is 0. The first-order chi connectivity index (χ1) is 11.4. The van der Waals surface area contributed by atoms with E-state index >= 15 is 0 Å². The summed E-state index contributed by atoms with van der Waals surface area (Å²) < 4.78 is 0. The van der Waals surface area contributed by atoms with Gasteiger partial charge < -0.3 is 5.32 Å². The highest BCUT2D eigenvalue weighted by Gasteiger charge is 2.07. The Morgan fingerprint density at radius 3 is 1.87 bits per heavy atom. The summed E-state index contributed by atoms with van der Waals surface area (Å²) in [6.45, 7) is 0.905. The van der Waals surface area contributed by atoms with Crippen LogP contribution in [-0.4, -0.2) is 11.5 Å². The monoisotopic (exact) mass is 298 g/mol. The molecular weight excluding hydrogens is 280 g/mol. The van der Waals surface area contributed by atoms with Gasteiger partial charge in [-0.1, -0.05) is 66.7 Å². The molecular formula is C21H18N2. The van der Waals surface area contributed by atoms with Crippen molar-refractivity contribution in [3.63, 3.8) is 0 Å². The number of hydrogen-bond acceptors (Lipinski definition) is 2. The number of fused-ring (bicyclic) bond motifs is 2. The lowest BCUT2D eigenvalue weighted by atomic mass is 10.1. The van der Waals surface area contributed by atoms with Crippen LogP contribution in [0.4, 0.5) is 5.69 Å². The van der Waals surface area contributed by atoms with Crippen molar-refractivity contribution in [2.75, 3.05) is 11.9 Å². The van der Waals surface area contributed by atoms with Crippen LogP contribution in [0.2, 0.25) is 0 Å². The van der Waals surface area contributed by atoms with Gasteiger partial charge >= 0.3 is 0 Å². The Hall–Kier alpha value is -2.87. The standard InChI is InChI=1S/C21H18N2/c1-2-8-16(9-3-1)14-15-22-21-17-10-4-6-12-19(17)23-20-13-7-5-11-18(20)21/h1-13H,14-15H2,(H,22,23). The topological polar surface area (TPSA) is 24.9 Å². The van der Waals surface area contributed by atoms with E-state index in [-0.39, 0.29) is 0 Å². The summed E-state index contributed by atoms with van der Waals surface area (Å²) in [5.74, 6) is 0. The Kier molecular flexibility index (Phi) is 3.65. The molecule has 2 nitrogen and oxygen atoms in total. The van der Waals surface area contributed by atoms with Gasteiger partial charge in [0, 0.05) is 17.3 Å². The fraction of sp³-hybridized carbons (Fsp3) is 0.0952. The summed E-state index contributed by atoms with van der Waals surface area (Å²) in [4.78, 5) is 4.76. The molecule has 1 heterocycles. The van der Waals surface area contributed by atoms with Gasteiger partial charge in [-0.05, 0) is 24.1 Å². The van der Waals surface area contributed by atoms with Crippen molar-refractivity contribution in [2.45, 2.75) is 6.42 Å². The molecule has 23 heavy (non-hydrogen) atoms. The molecule has 0 atom stereocenters. The minimum Gasteiger partial charge on any atom is -0.384 e. The zero-order valence-electron chi connectivity index (χ0n) is 12.9. The second kappa shape index (κ2) is 6.09. The summed E-state index contributed by atoms with van der Waals surface area (Å²) >= 11 is 0. The Morgan fingerprint density at radius 2 is 1.22 bits per heavy atom. The first kappa shape index (κ1) is 13.8. The second-order valence-corrected chi connectivity index (χ2v) is 5.68. The molecule has 2 heteroatoms. The third kappa shape index (κ3) is 2.76. The Labute approximate surface area is 135 Å². The number of rotatable bonds is 4. The van der Waals surface area contributed by atoms with Crippen molar-refractivity contribution < 1.29 is 0 Å². The third-order valence-corrected chi connectivity index (χ3v) is 4.15. The van der Waals surface area contributed by atoms with E-state index in [1.165, 1.54) is 22.0 Å². The van der Waals surface area contributed by atoms with Gasteiger partial charge in [-0.2, -0.15) is 0 Å². The first-order valence-corrected chi connectivity index (χ1v) is 7.97. The molecule has 0 spiro atoms. The molecule has 0 unspecified atom stereocenters. The zero-order valence-corrected chi connectivity index (χ0v) is 12.9. The lowest BCUT2D eigenvalue weighted by molar-refractivity contribution is 1.02. The fourth-order valence-electron chi connectivity index (χ4n) is 3.01. The average Bonchev–Trinajstić information content (AvgIpc) is 2.62. The van der Waals surface area contributed by atoms with E-state index < -0.39 is 0 Å². The van der Waals surface area contributed by atoms with Gasteiger partial charge in [0.2, 0.25) is 0 Å². The molecule has 0 saturated heterocycles. The number of nitrogens with zero attached hydrogens (tertiary/aromatic N) is 1. The molecule has 0 aliphatic rings. The van der Waals surface area contributed by atoms with Crippen molar-refractivity contribution >= 4 is 27.5 Å². The Balaban J connectivity index is 1.71. The van der Waals surface area contributed by atoms with Gasteiger partial charge in [-0.15, -0.1) is 0 Å². The number of pyridine rings is 1. The molecule has 0 aliphatic carbocycles. The van der Waals surface area contributed by atoms with Crippen LogP contribution in [0.5, 0.6) is 0 Å². The van der Waals surface area contributed by atoms with E-state index in [0.717, 1.165) is 24.0 Å². The average molecular weight is 298 g/mol. The molecule has 1 N–H and O–H groups in total. The minimum absolute atomic E-state index is 0.905. The minimum atomic E-state index is 0.905. The van der Waals surface area contributed by atoms with Crippen molar-refractivity contribution in [3.05, 3.63) is 84.4 Å². The molecule has 1 aromatic heterocycles. The van der Waals surface area contributed by atoms with Crippen LogP contribution >= 0.6 is 0 Å². The molecule has 4 rings (SSSR count). The summed E-state index contributed by atoms with van der Waals surface area (Å²) in [5.41, 5.74) is 4.60. The lowest BCUT2D eigenvalue weighted by Crippen LogP contribution is -2.06. The van der Waals surface area contributed by atoms with Gasteiger partial charge in [-0.3, -0.25) is 0 Å². The predicted octanol–water partition coefficient (Wildman–Crippen LogP) is 5.04. The maximum absolute atomic E-state index is 4.76. The SMILES string of the molecule is c1ccc(CCNc2c3ccccc3nc3ccccc23)cc1. The molecule has 0 saturated carbocycles. The highest BCUT2D eigenvalue weighted by atomic mass is 14.9. The molecule has 3 aromatic carbocycles. The van der Waals surface area contributed by atoms with Gasteiger partial charge in [0.05, 0.1) is 16.7 Å². The van der Waals surface area contributed by atoms with E-state index in [1.54, 1.807) is 0 Å². The highest BCUT2D eigenvalue weighted by Crippen LogP contribution is 2.30. The molecule has 112 valence electrons. The van der Waals surface area contributed by atoms with Crippen LogP contribution in [0, 0.1) is 0 Å². The number of para-hydroxylation sites is 2. The number of nitrogens with one attached hydrogen (secondary N) is 1. The van der Waals surface area contributed by atoms with Gasteiger partial charge in [-0.25, -0.2) is 4.98 Å². The van der Waals surface area contributed by atoms with Crippen LogP contribution < -0.4 is 5.32 Å². The van der Waals surface area contributed by atoms with Gasteiger partial charge in [0.15, 0.2) is 0 Å². The summed E-state index contributed by atoms with van der Waals surface area (Å²) in [6, 6.07) is 27.2. The van der Waals surface area contributed by atoms with Gasteiger partial charge in [0.1, 0.15) is 0 Å². The summed E-state index contributed by atoms with van der Waals surface area (Å²) in [6.07, 6.45) is 1.01. The van der Waals surface area contributed by atoms with E-state index in [1.807, 2.05) is 12.1 Å². The van der Waals surface area contributed by atoms with Crippen molar-refractivity contribution in [1.29, 1.82) is 0 Å². The van der Waals surface area contributed by atoms with Crippen LogP contribution in [0.15, 0.2) is 78.9 Å². The fourth-order valence-corrected chi connectivity index (χ4v) is 3.01. The lowest BCUT2D eigenvalue weighted by Gasteiger charge is -2.13. The molecule has 0 amide bonds. The maximum Gasteiger partial charge on any atom is 0.0730 e. The van der Waals surface area contributed by atoms with Crippen LogP contribution in [0.25, 0.3) is 21.8 Å². The second-order valence-electron chi connectivity index (χ2n) is 5.68.